The molecule has 8 heteroatoms. The maximum Gasteiger partial charge on any atom is 0.338 e. The Hall–Kier alpha value is -3.00. The number of carboxylic acids is 1. The molecule has 0 spiro atoms. The zero-order valence-corrected chi connectivity index (χ0v) is 13.5. The Labute approximate surface area is 141 Å². The molecule has 0 saturated heterocycles. The van der Waals surface area contributed by atoms with Crippen molar-refractivity contribution in [3.05, 3.63) is 58.0 Å². The summed E-state index contributed by atoms with van der Waals surface area (Å²) in [7, 11) is 1.22. The van der Waals surface area contributed by atoms with Crippen molar-refractivity contribution in [1.82, 2.24) is 5.32 Å². The molecule has 0 bridgehead atoms. The Morgan fingerprint density at radius 2 is 1.88 bits per heavy atom. The van der Waals surface area contributed by atoms with Crippen molar-refractivity contribution >= 4 is 33.4 Å². The maximum atomic E-state index is 12.2. The molecule has 3 rings (SSSR count). The van der Waals surface area contributed by atoms with E-state index < -0.39 is 17.9 Å². The van der Waals surface area contributed by atoms with E-state index in [1.54, 1.807) is 0 Å². The normalized spacial score (nSPS) is 17.8. The van der Waals surface area contributed by atoms with Crippen molar-refractivity contribution < 1.29 is 19.4 Å². The number of methoxy groups -OCH3 is 1. The van der Waals surface area contributed by atoms with Gasteiger partial charge < -0.3 is 26.6 Å². The lowest BCUT2D eigenvalue weighted by atomic mass is 9.82. The van der Waals surface area contributed by atoms with Gasteiger partial charge in [-0.1, -0.05) is 18.2 Å². The summed E-state index contributed by atoms with van der Waals surface area (Å²) in [5.74, 6) is -2.94. The molecule has 2 heterocycles. The number of esters is 1. The smallest absolute Gasteiger partial charge is 0.338 e. The van der Waals surface area contributed by atoms with Gasteiger partial charge in [-0.05, 0) is 22.4 Å². The number of hydrogen-bond donors (Lipinski definition) is 4. The maximum absolute atomic E-state index is 12.2. The molecule has 124 valence electrons. The number of thiophene rings is 1. The van der Waals surface area contributed by atoms with Gasteiger partial charge in [-0.15, -0.1) is 11.3 Å². The van der Waals surface area contributed by atoms with Crippen LogP contribution in [0.4, 0.5) is 0 Å². The van der Waals surface area contributed by atoms with Gasteiger partial charge in [0.05, 0.1) is 24.2 Å². The molecule has 1 aromatic carbocycles. The first kappa shape index (κ1) is 15.9. The van der Waals surface area contributed by atoms with Gasteiger partial charge in [-0.3, -0.25) is 0 Å². The first-order valence-electron chi connectivity index (χ1n) is 6.99. The number of ether oxygens (including phenoxy) is 1. The molecule has 1 aliphatic rings. The van der Waals surface area contributed by atoms with Gasteiger partial charge in [0.15, 0.2) is 0 Å². The lowest BCUT2D eigenvalue weighted by Gasteiger charge is -2.28. The van der Waals surface area contributed by atoms with Crippen molar-refractivity contribution in [2.24, 2.45) is 11.5 Å². The summed E-state index contributed by atoms with van der Waals surface area (Å²) in [6.45, 7) is 0. The van der Waals surface area contributed by atoms with Gasteiger partial charge in [0.2, 0.25) is 0 Å². The van der Waals surface area contributed by atoms with Gasteiger partial charge in [0, 0.05) is 4.70 Å². The third kappa shape index (κ3) is 2.37. The van der Waals surface area contributed by atoms with Gasteiger partial charge >= 0.3 is 11.9 Å². The number of dihydropyridines is 1. The highest BCUT2D eigenvalue weighted by molar-refractivity contribution is 7.17. The predicted molar refractivity (Wildman–Crippen MR) is 89.8 cm³/mol. The van der Waals surface area contributed by atoms with Crippen LogP contribution in [0.1, 0.15) is 11.5 Å². The molecule has 0 radical (unpaired) electrons. The lowest BCUT2D eigenvalue weighted by Crippen LogP contribution is -2.39. The van der Waals surface area contributed by atoms with Crippen LogP contribution < -0.4 is 16.8 Å². The highest BCUT2D eigenvalue weighted by atomic mass is 32.1. The molecule has 1 aliphatic heterocycles. The Morgan fingerprint density at radius 1 is 1.21 bits per heavy atom. The van der Waals surface area contributed by atoms with Crippen molar-refractivity contribution in [3.63, 3.8) is 0 Å². The van der Waals surface area contributed by atoms with Gasteiger partial charge in [-0.25, -0.2) is 9.59 Å². The molecule has 6 N–H and O–H groups in total. The number of fused-ring (bicyclic) bond motifs is 1. The molecule has 0 fully saturated rings. The number of carbonyl (C=O) groups excluding carboxylic acids is 1. The highest BCUT2D eigenvalue weighted by Crippen LogP contribution is 2.42. The minimum atomic E-state index is -1.23. The summed E-state index contributed by atoms with van der Waals surface area (Å²) in [6.07, 6.45) is 0. The van der Waals surface area contributed by atoms with Crippen molar-refractivity contribution in [2.45, 2.75) is 5.92 Å². The van der Waals surface area contributed by atoms with E-state index in [9.17, 15) is 14.7 Å². The van der Waals surface area contributed by atoms with Crippen LogP contribution in [0.3, 0.4) is 0 Å². The van der Waals surface area contributed by atoms with Crippen LogP contribution in [0.25, 0.3) is 10.1 Å². The number of nitrogens with two attached hydrogens (primary N) is 2. The second-order valence-corrected chi connectivity index (χ2v) is 6.11. The average molecular weight is 345 g/mol. The zero-order valence-electron chi connectivity index (χ0n) is 12.7. The summed E-state index contributed by atoms with van der Waals surface area (Å²) in [6, 6.07) is 7.52. The van der Waals surface area contributed by atoms with E-state index in [2.05, 4.69) is 5.32 Å². The van der Waals surface area contributed by atoms with E-state index in [0.717, 1.165) is 10.1 Å². The molecule has 1 aromatic heterocycles. The average Bonchev–Trinajstić information content (AvgIpc) is 2.96. The number of benzene rings is 1. The molecule has 7 nitrogen and oxygen atoms in total. The SMILES string of the molecule is COC(=O)C1=C(N)NC(N)=C(C(=O)O)C1c1csc2ccccc12. The van der Waals surface area contributed by atoms with E-state index in [-0.39, 0.29) is 22.8 Å². The van der Waals surface area contributed by atoms with E-state index in [0.29, 0.717) is 5.56 Å². The molecular formula is C16H15N3O4S. The van der Waals surface area contributed by atoms with Crippen LogP contribution in [-0.4, -0.2) is 24.2 Å². The van der Waals surface area contributed by atoms with Crippen LogP contribution >= 0.6 is 11.3 Å². The first-order valence-corrected chi connectivity index (χ1v) is 7.87. The molecule has 0 saturated carbocycles. The van der Waals surface area contributed by atoms with Gasteiger partial charge in [0.25, 0.3) is 0 Å². The Kier molecular flexibility index (Phi) is 3.90. The highest BCUT2D eigenvalue weighted by Gasteiger charge is 2.39. The van der Waals surface area contributed by atoms with Crippen molar-refractivity contribution in [3.8, 4) is 0 Å². The van der Waals surface area contributed by atoms with E-state index in [1.807, 2.05) is 29.6 Å². The molecule has 0 aliphatic carbocycles. The van der Waals surface area contributed by atoms with Crippen LogP contribution in [0.15, 0.2) is 52.4 Å². The largest absolute Gasteiger partial charge is 0.478 e. The first-order chi connectivity index (χ1) is 11.5. The van der Waals surface area contributed by atoms with Crippen LogP contribution in [0, 0.1) is 0 Å². The number of carbonyl (C=O) groups is 2. The fraction of sp³-hybridized carbons (Fsp3) is 0.125. The quantitative estimate of drug-likeness (QED) is 0.615. The molecular weight excluding hydrogens is 330 g/mol. The van der Waals surface area contributed by atoms with E-state index in [4.69, 9.17) is 16.2 Å². The standard InChI is InChI=1S/C16H15N3O4S/c1-23-16(22)12-10(11(15(20)21)13(17)19-14(12)18)8-6-24-9-5-3-2-4-7(8)9/h2-6,10,19H,17-18H2,1H3,(H,20,21). The number of carboxylic acid groups (broad SMARTS) is 1. The molecule has 2 aromatic rings. The summed E-state index contributed by atoms with van der Waals surface area (Å²) < 4.78 is 5.76. The second-order valence-electron chi connectivity index (χ2n) is 5.20. The van der Waals surface area contributed by atoms with E-state index in [1.165, 1.54) is 18.4 Å². The van der Waals surface area contributed by atoms with Crippen molar-refractivity contribution in [1.29, 1.82) is 0 Å². The molecule has 24 heavy (non-hydrogen) atoms. The second kappa shape index (κ2) is 5.89. The fourth-order valence-electron chi connectivity index (χ4n) is 2.84. The third-order valence-electron chi connectivity index (χ3n) is 3.88. The lowest BCUT2D eigenvalue weighted by molar-refractivity contribution is -0.136. The minimum absolute atomic E-state index is 0.00960. The summed E-state index contributed by atoms with van der Waals surface area (Å²) in [4.78, 5) is 24.0. The minimum Gasteiger partial charge on any atom is -0.478 e. The summed E-state index contributed by atoms with van der Waals surface area (Å²) in [5, 5.41) is 14.8. The molecule has 1 unspecified atom stereocenters. The Balaban J connectivity index is 2.30. The number of aliphatic carboxylic acids is 1. The Morgan fingerprint density at radius 3 is 2.54 bits per heavy atom. The molecule has 1 atom stereocenters. The number of rotatable bonds is 3. The zero-order chi connectivity index (χ0) is 17.4. The van der Waals surface area contributed by atoms with Crippen LogP contribution in [0.5, 0.6) is 0 Å². The third-order valence-corrected chi connectivity index (χ3v) is 4.87. The van der Waals surface area contributed by atoms with Crippen molar-refractivity contribution in [2.75, 3.05) is 7.11 Å². The monoisotopic (exact) mass is 345 g/mol. The summed E-state index contributed by atoms with van der Waals surface area (Å²) in [5.41, 5.74) is 12.3. The Bertz CT molecular complexity index is 913. The molecule has 0 amide bonds. The van der Waals surface area contributed by atoms with E-state index >= 15 is 0 Å². The van der Waals surface area contributed by atoms with Gasteiger partial charge in [-0.2, -0.15) is 0 Å². The summed E-state index contributed by atoms with van der Waals surface area (Å²) >= 11 is 1.45. The van der Waals surface area contributed by atoms with Gasteiger partial charge in [0.1, 0.15) is 11.6 Å². The van der Waals surface area contributed by atoms with Crippen LogP contribution in [0.2, 0.25) is 0 Å². The number of nitrogens with one attached hydrogen (secondary N) is 1. The predicted octanol–water partition coefficient (Wildman–Crippen LogP) is 1.19. The fourth-order valence-corrected chi connectivity index (χ4v) is 3.83. The van der Waals surface area contributed by atoms with Crippen LogP contribution in [-0.2, 0) is 14.3 Å². The topological polar surface area (TPSA) is 128 Å². The number of hydrogen-bond acceptors (Lipinski definition) is 7.